The number of carbonyl (C=O) groups excluding carboxylic acids is 2. The van der Waals surface area contributed by atoms with Gasteiger partial charge in [0.2, 0.25) is 0 Å². The van der Waals surface area contributed by atoms with Gasteiger partial charge in [-0.3, -0.25) is 29.1 Å². The first-order valence-corrected chi connectivity index (χ1v) is 8.63. The number of nitro benzene ring substituents is 1. The Bertz CT molecular complexity index is 937. The number of rotatable bonds is 7. The second-order valence-electron chi connectivity index (χ2n) is 5.68. The van der Waals surface area contributed by atoms with Crippen molar-refractivity contribution in [2.45, 2.75) is 19.9 Å². The molecule has 2 aromatic rings. The lowest BCUT2D eigenvalue weighted by Gasteiger charge is -2.25. The average molecular weight is 392 g/mol. The lowest BCUT2D eigenvalue weighted by atomic mass is 10.0. The molecule has 1 heterocycles. The molecule has 0 aliphatic heterocycles. The lowest BCUT2D eigenvalue weighted by molar-refractivity contribution is -0.384. The van der Waals surface area contributed by atoms with Gasteiger partial charge in [-0.15, -0.1) is 0 Å². The first-order valence-electron chi connectivity index (χ1n) is 8.25. The molecule has 8 nitrogen and oxygen atoms in total. The van der Waals surface area contributed by atoms with E-state index in [-0.39, 0.29) is 16.3 Å². The van der Waals surface area contributed by atoms with Gasteiger partial charge < -0.3 is 4.90 Å². The fraction of sp³-hybridized carbons (Fsp3) is 0.278. The van der Waals surface area contributed by atoms with E-state index < -0.39 is 28.2 Å². The van der Waals surface area contributed by atoms with E-state index in [0.717, 1.165) is 16.7 Å². The Morgan fingerprint density at radius 2 is 1.89 bits per heavy atom. The Morgan fingerprint density at radius 1 is 1.22 bits per heavy atom. The number of non-ortho nitro benzene ring substituents is 1. The molecule has 0 saturated carbocycles. The highest BCUT2D eigenvalue weighted by Gasteiger charge is 2.33. The second kappa shape index (κ2) is 8.59. The van der Waals surface area contributed by atoms with Gasteiger partial charge in [-0.25, -0.2) is 0 Å². The monoisotopic (exact) mass is 391 g/mol. The van der Waals surface area contributed by atoms with Crippen LogP contribution in [0.3, 0.4) is 0 Å². The van der Waals surface area contributed by atoms with Crippen LogP contribution in [-0.4, -0.2) is 39.2 Å². The van der Waals surface area contributed by atoms with Crippen molar-refractivity contribution in [3.05, 3.63) is 73.6 Å². The van der Waals surface area contributed by atoms with Crippen molar-refractivity contribution in [2.24, 2.45) is 0 Å². The molecule has 0 radical (unpaired) electrons. The quantitative estimate of drug-likeness (QED) is 0.312. The number of aromatic nitrogens is 1. The fourth-order valence-electron chi connectivity index (χ4n) is 2.67. The van der Waals surface area contributed by atoms with Gasteiger partial charge in [0.1, 0.15) is 0 Å². The minimum atomic E-state index is -1.50. The number of pyridine rings is 1. The maximum atomic E-state index is 13.1. The van der Waals surface area contributed by atoms with Crippen LogP contribution in [-0.2, 0) is 4.79 Å². The number of likely N-dealkylation sites (N-methyl/N-ethyl adjacent to an activating group) is 1. The van der Waals surface area contributed by atoms with Crippen LogP contribution in [0, 0.1) is 10.1 Å². The summed E-state index contributed by atoms with van der Waals surface area (Å²) in [6.07, 6.45) is 1.21. The zero-order valence-corrected chi connectivity index (χ0v) is 15.5. The normalized spacial score (nSPS) is 11.7. The van der Waals surface area contributed by atoms with Crippen LogP contribution < -0.4 is 5.56 Å². The van der Waals surface area contributed by atoms with E-state index in [1.807, 2.05) is 0 Å². The topological polar surface area (TPSA) is 103 Å². The first kappa shape index (κ1) is 20.3. The van der Waals surface area contributed by atoms with Gasteiger partial charge in [0.05, 0.1) is 9.95 Å². The van der Waals surface area contributed by atoms with Gasteiger partial charge in [0, 0.05) is 43.0 Å². The van der Waals surface area contributed by atoms with E-state index in [2.05, 4.69) is 0 Å². The first-order chi connectivity index (χ1) is 12.8. The number of amides is 1. The molecule has 1 aromatic heterocycles. The van der Waals surface area contributed by atoms with Gasteiger partial charge in [-0.2, -0.15) is 0 Å². The molecule has 0 aliphatic rings. The second-order valence-corrected chi connectivity index (χ2v) is 6.11. The van der Waals surface area contributed by atoms with E-state index in [0.29, 0.717) is 13.1 Å². The predicted molar refractivity (Wildman–Crippen MR) is 100 cm³/mol. The zero-order valence-electron chi connectivity index (χ0n) is 14.8. The molecule has 0 bridgehead atoms. The standard InChI is InChI=1S/C18H18ClN3O5/c1-3-20(4-2)18(25)16(21-11-13(19)8-9-15(21)23)17(24)12-6-5-7-14(10-12)22(26)27/h5-11,16H,3-4H2,1-2H3/t16-/m1/s1. The van der Waals surface area contributed by atoms with Crippen molar-refractivity contribution in [2.75, 3.05) is 13.1 Å². The van der Waals surface area contributed by atoms with E-state index in [4.69, 9.17) is 11.6 Å². The summed E-state index contributed by atoms with van der Waals surface area (Å²) in [5.41, 5.74) is -0.904. The van der Waals surface area contributed by atoms with Crippen LogP contribution >= 0.6 is 11.6 Å². The lowest BCUT2D eigenvalue weighted by Crippen LogP contribution is -2.43. The Hall–Kier alpha value is -3.00. The van der Waals surface area contributed by atoms with Crippen LogP contribution in [0.25, 0.3) is 0 Å². The van der Waals surface area contributed by atoms with E-state index in [9.17, 15) is 24.5 Å². The summed E-state index contributed by atoms with van der Waals surface area (Å²) in [7, 11) is 0. The van der Waals surface area contributed by atoms with Crippen LogP contribution in [0.1, 0.15) is 30.2 Å². The molecule has 1 amide bonds. The van der Waals surface area contributed by atoms with Crippen LogP contribution in [0.5, 0.6) is 0 Å². The largest absolute Gasteiger partial charge is 0.341 e. The Labute approximate surface area is 160 Å². The van der Waals surface area contributed by atoms with Gasteiger partial charge in [0.25, 0.3) is 17.2 Å². The number of nitrogens with zero attached hydrogens (tertiary/aromatic N) is 3. The van der Waals surface area contributed by atoms with E-state index in [1.54, 1.807) is 13.8 Å². The van der Waals surface area contributed by atoms with Crippen LogP contribution in [0.15, 0.2) is 47.4 Å². The number of Topliss-reactive ketones (excluding diaryl/α,β-unsaturated/α-hetero) is 1. The minimum Gasteiger partial charge on any atom is -0.341 e. The molecule has 9 heteroatoms. The molecule has 0 fully saturated rings. The minimum absolute atomic E-state index is 0.0402. The van der Waals surface area contributed by atoms with Crippen molar-refractivity contribution in [3.8, 4) is 0 Å². The van der Waals surface area contributed by atoms with Crippen molar-refractivity contribution in [1.29, 1.82) is 0 Å². The summed E-state index contributed by atoms with van der Waals surface area (Å²) in [5.74, 6) is -1.30. The fourth-order valence-corrected chi connectivity index (χ4v) is 2.84. The number of carbonyl (C=O) groups is 2. The summed E-state index contributed by atoms with van der Waals surface area (Å²) in [6, 6.07) is 6.06. The maximum Gasteiger partial charge on any atom is 0.270 e. The summed E-state index contributed by atoms with van der Waals surface area (Å²) in [4.78, 5) is 50.1. The molecule has 27 heavy (non-hydrogen) atoms. The Kier molecular flexibility index (Phi) is 6.46. The summed E-state index contributed by atoms with van der Waals surface area (Å²) in [5, 5.41) is 11.2. The Balaban J connectivity index is 2.62. The van der Waals surface area contributed by atoms with Gasteiger partial charge in [0.15, 0.2) is 11.8 Å². The van der Waals surface area contributed by atoms with E-state index in [1.165, 1.54) is 35.4 Å². The molecule has 0 saturated heterocycles. The van der Waals surface area contributed by atoms with Crippen molar-refractivity contribution in [1.82, 2.24) is 9.47 Å². The summed E-state index contributed by atoms with van der Waals surface area (Å²) < 4.78 is 0.962. The SMILES string of the molecule is CCN(CC)C(=O)[C@@H](C(=O)c1cccc([N+](=O)[O-])c1)n1cc(Cl)ccc1=O. The number of hydrogen-bond acceptors (Lipinski definition) is 5. The van der Waals surface area contributed by atoms with Crippen LogP contribution in [0.4, 0.5) is 5.69 Å². The maximum absolute atomic E-state index is 13.1. The molecule has 1 aromatic carbocycles. The van der Waals surface area contributed by atoms with Crippen molar-refractivity contribution >= 4 is 29.0 Å². The molecular formula is C18H18ClN3O5. The Morgan fingerprint density at radius 3 is 2.48 bits per heavy atom. The summed E-state index contributed by atoms with van der Waals surface area (Å²) in [6.45, 7) is 4.17. The molecule has 142 valence electrons. The predicted octanol–water partition coefficient (Wildman–Crippen LogP) is 2.70. The molecule has 1 atom stereocenters. The molecule has 2 rings (SSSR count). The molecule has 0 spiro atoms. The third-order valence-corrected chi connectivity index (χ3v) is 4.30. The van der Waals surface area contributed by atoms with Crippen molar-refractivity contribution in [3.63, 3.8) is 0 Å². The smallest absolute Gasteiger partial charge is 0.270 e. The highest BCUT2D eigenvalue weighted by molar-refractivity contribution is 6.30. The van der Waals surface area contributed by atoms with E-state index >= 15 is 0 Å². The summed E-state index contributed by atoms with van der Waals surface area (Å²) >= 11 is 5.95. The number of halogens is 1. The van der Waals surface area contributed by atoms with Gasteiger partial charge in [-0.1, -0.05) is 23.7 Å². The number of hydrogen-bond donors (Lipinski definition) is 0. The highest BCUT2D eigenvalue weighted by Crippen LogP contribution is 2.21. The third kappa shape index (κ3) is 4.40. The molecule has 0 N–H and O–H groups in total. The van der Waals surface area contributed by atoms with Crippen LogP contribution in [0.2, 0.25) is 5.02 Å². The highest BCUT2D eigenvalue weighted by atomic mass is 35.5. The number of nitro groups is 1. The third-order valence-electron chi connectivity index (χ3n) is 4.08. The van der Waals surface area contributed by atoms with Gasteiger partial charge >= 0.3 is 0 Å². The molecular weight excluding hydrogens is 374 g/mol. The zero-order chi connectivity index (χ0) is 20.1. The molecule has 0 aliphatic carbocycles. The van der Waals surface area contributed by atoms with Crippen molar-refractivity contribution < 1.29 is 14.5 Å². The molecule has 0 unspecified atom stereocenters. The van der Waals surface area contributed by atoms with Gasteiger partial charge in [-0.05, 0) is 19.9 Å². The average Bonchev–Trinajstić information content (AvgIpc) is 2.65. The number of ketones is 1. The number of benzene rings is 1.